The number of amides is 1. The number of hydrogen-bond acceptors (Lipinski definition) is 3. The lowest BCUT2D eigenvalue weighted by molar-refractivity contribution is 0.0988. The zero-order chi connectivity index (χ0) is 17.8. The smallest absolute Gasteiger partial charge is 0.258 e. The normalized spacial score (nSPS) is 15.2. The Kier molecular flexibility index (Phi) is 5.34. The second-order valence-corrected chi connectivity index (χ2v) is 6.29. The topological polar surface area (TPSA) is 43.8 Å². The Labute approximate surface area is 147 Å². The molecule has 2 aromatic rings. The van der Waals surface area contributed by atoms with Gasteiger partial charge in [-0.25, -0.2) is 4.39 Å². The average molecular weight is 342 g/mol. The molecule has 0 saturated carbocycles. The zero-order valence-electron chi connectivity index (χ0n) is 14.4. The van der Waals surface area contributed by atoms with Crippen molar-refractivity contribution in [2.45, 2.75) is 25.9 Å². The van der Waals surface area contributed by atoms with Gasteiger partial charge < -0.3 is 14.9 Å². The number of nitrogens with zero attached hydrogens (tertiary/aromatic N) is 2. The number of carbonyl (C=O) groups is 1. The van der Waals surface area contributed by atoms with Crippen LogP contribution in [0.25, 0.3) is 0 Å². The van der Waals surface area contributed by atoms with Crippen molar-refractivity contribution in [3.63, 3.8) is 0 Å². The summed E-state index contributed by atoms with van der Waals surface area (Å²) in [5.74, 6) is -0.419. The molecular formula is C20H23FN2O2. The number of aliphatic hydroxyl groups is 1. The second kappa shape index (κ2) is 7.66. The first-order valence-electron chi connectivity index (χ1n) is 8.69. The van der Waals surface area contributed by atoms with E-state index in [0.717, 1.165) is 31.6 Å². The Morgan fingerprint density at radius 2 is 1.72 bits per heavy atom. The van der Waals surface area contributed by atoms with Crippen molar-refractivity contribution in [2.24, 2.45) is 0 Å². The average Bonchev–Trinajstić information content (AvgIpc) is 2.64. The van der Waals surface area contributed by atoms with E-state index in [2.05, 4.69) is 4.90 Å². The highest BCUT2D eigenvalue weighted by Gasteiger charge is 2.19. The summed E-state index contributed by atoms with van der Waals surface area (Å²) in [5, 5.41) is 9.60. The molecule has 0 aromatic heterocycles. The van der Waals surface area contributed by atoms with E-state index in [0.29, 0.717) is 17.8 Å². The quantitative estimate of drug-likeness (QED) is 0.925. The molecule has 3 rings (SSSR count). The van der Waals surface area contributed by atoms with Gasteiger partial charge in [-0.15, -0.1) is 0 Å². The van der Waals surface area contributed by atoms with Gasteiger partial charge in [-0.1, -0.05) is 0 Å². The molecule has 1 N–H and O–H groups in total. The number of benzene rings is 2. The maximum Gasteiger partial charge on any atom is 0.258 e. The second-order valence-electron chi connectivity index (χ2n) is 6.29. The Balaban J connectivity index is 1.74. The van der Waals surface area contributed by atoms with E-state index in [-0.39, 0.29) is 17.8 Å². The molecule has 0 bridgehead atoms. The van der Waals surface area contributed by atoms with Gasteiger partial charge in [0.2, 0.25) is 0 Å². The maximum atomic E-state index is 13.1. The minimum absolute atomic E-state index is 0.102. The highest BCUT2D eigenvalue weighted by atomic mass is 19.1. The van der Waals surface area contributed by atoms with E-state index < -0.39 is 0 Å². The first-order chi connectivity index (χ1) is 12.1. The highest BCUT2D eigenvalue weighted by Crippen LogP contribution is 2.22. The van der Waals surface area contributed by atoms with E-state index in [1.54, 1.807) is 17.0 Å². The van der Waals surface area contributed by atoms with Crippen LogP contribution in [0.15, 0.2) is 48.5 Å². The molecule has 1 heterocycles. The van der Waals surface area contributed by atoms with Crippen molar-refractivity contribution in [1.82, 2.24) is 0 Å². The summed E-state index contributed by atoms with van der Waals surface area (Å²) in [5.41, 5.74) is 2.35. The molecule has 1 saturated heterocycles. The van der Waals surface area contributed by atoms with Gasteiger partial charge in [0.25, 0.3) is 5.91 Å². The number of rotatable bonds is 4. The van der Waals surface area contributed by atoms with Crippen LogP contribution in [0.2, 0.25) is 0 Å². The molecule has 2 aromatic carbocycles. The number of aliphatic hydroxyl groups excluding tert-OH is 1. The largest absolute Gasteiger partial charge is 0.393 e. The molecular weight excluding hydrogens is 319 g/mol. The SMILES string of the molecule is CCN(C(=O)c1ccc(N2CCC(O)CC2)cc1)c1ccc(F)cc1. The fourth-order valence-corrected chi connectivity index (χ4v) is 3.16. The van der Waals surface area contributed by atoms with Gasteiger partial charge in [0.1, 0.15) is 5.82 Å². The summed E-state index contributed by atoms with van der Waals surface area (Å²) >= 11 is 0. The number of piperidine rings is 1. The van der Waals surface area contributed by atoms with Gasteiger partial charge in [0, 0.05) is 36.6 Å². The molecule has 1 amide bonds. The van der Waals surface area contributed by atoms with Gasteiger partial charge in [0.15, 0.2) is 0 Å². The predicted molar refractivity (Wildman–Crippen MR) is 97.6 cm³/mol. The first-order valence-corrected chi connectivity index (χ1v) is 8.69. The van der Waals surface area contributed by atoms with Gasteiger partial charge in [0.05, 0.1) is 6.10 Å². The van der Waals surface area contributed by atoms with Crippen molar-refractivity contribution in [3.05, 3.63) is 59.9 Å². The summed E-state index contributed by atoms with van der Waals surface area (Å²) in [4.78, 5) is 16.6. The van der Waals surface area contributed by atoms with Crippen LogP contribution >= 0.6 is 0 Å². The Bertz CT molecular complexity index is 707. The summed E-state index contributed by atoms with van der Waals surface area (Å²) < 4.78 is 13.1. The Morgan fingerprint density at radius 3 is 2.28 bits per heavy atom. The zero-order valence-corrected chi connectivity index (χ0v) is 14.4. The third-order valence-corrected chi connectivity index (χ3v) is 4.64. The lowest BCUT2D eigenvalue weighted by Crippen LogP contribution is -2.35. The van der Waals surface area contributed by atoms with Crippen LogP contribution in [0, 0.1) is 5.82 Å². The van der Waals surface area contributed by atoms with Crippen LogP contribution < -0.4 is 9.80 Å². The minimum atomic E-state index is -0.316. The third kappa shape index (κ3) is 3.99. The van der Waals surface area contributed by atoms with Gasteiger partial charge in [-0.3, -0.25) is 4.79 Å². The molecule has 5 heteroatoms. The highest BCUT2D eigenvalue weighted by molar-refractivity contribution is 6.06. The van der Waals surface area contributed by atoms with Crippen molar-refractivity contribution in [2.75, 3.05) is 29.4 Å². The van der Waals surface area contributed by atoms with Crippen LogP contribution in [0.4, 0.5) is 15.8 Å². The summed E-state index contributed by atoms with van der Waals surface area (Å²) in [6.45, 7) is 4.06. The predicted octanol–water partition coefficient (Wildman–Crippen LogP) is 3.45. The Hall–Kier alpha value is -2.40. The fraction of sp³-hybridized carbons (Fsp3) is 0.350. The summed E-state index contributed by atoms with van der Waals surface area (Å²) in [6.07, 6.45) is 1.34. The molecule has 25 heavy (non-hydrogen) atoms. The molecule has 0 radical (unpaired) electrons. The molecule has 0 aliphatic carbocycles. The van der Waals surface area contributed by atoms with Crippen LogP contribution in [0.1, 0.15) is 30.1 Å². The lowest BCUT2D eigenvalue weighted by Gasteiger charge is -2.31. The van der Waals surface area contributed by atoms with Crippen molar-refractivity contribution in [1.29, 1.82) is 0 Å². The van der Waals surface area contributed by atoms with Crippen molar-refractivity contribution >= 4 is 17.3 Å². The van der Waals surface area contributed by atoms with Gasteiger partial charge in [-0.05, 0) is 68.3 Å². The van der Waals surface area contributed by atoms with E-state index in [4.69, 9.17) is 0 Å². The van der Waals surface area contributed by atoms with Crippen LogP contribution in [0.3, 0.4) is 0 Å². The lowest BCUT2D eigenvalue weighted by atomic mass is 10.1. The Morgan fingerprint density at radius 1 is 1.12 bits per heavy atom. The molecule has 0 atom stereocenters. The molecule has 0 unspecified atom stereocenters. The molecule has 1 aliphatic heterocycles. The molecule has 4 nitrogen and oxygen atoms in total. The van der Waals surface area contributed by atoms with E-state index in [9.17, 15) is 14.3 Å². The molecule has 1 fully saturated rings. The van der Waals surface area contributed by atoms with Crippen LogP contribution in [0.5, 0.6) is 0 Å². The van der Waals surface area contributed by atoms with E-state index in [1.807, 2.05) is 31.2 Å². The number of carbonyl (C=O) groups excluding carboxylic acids is 1. The van der Waals surface area contributed by atoms with Crippen LogP contribution in [-0.2, 0) is 0 Å². The van der Waals surface area contributed by atoms with Crippen LogP contribution in [-0.4, -0.2) is 36.8 Å². The number of hydrogen-bond donors (Lipinski definition) is 1. The molecule has 1 aliphatic rings. The van der Waals surface area contributed by atoms with Crippen molar-refractivity contribution < 1.29 is 14.3 Å². The van der Waals surface area contributed by atoms with Gasteiger partial charge >= 0.3 is 0 Å². The summed E-state index contributed by atoms with van der Waals surface area (Å²) in [6, 6.07) is 13.5. The third-order valence-electron chi connectivity index (χ3n) is 4.64. The first kappa shape index (κ1) is 17.4. The molecule has 132 valence electrons. The number of halogens is 1. The van der Waals surface area contributed by atoms with E-state index >= 15 is 0 Å². The van der Waals surface area contributed by atoms with Gasteiger partial charge in [-0.2, -0.15) is 0 Å². The summed E-state index contributed by atoms with van der Waals surface area (Å²) in [7, 11) is 0. The molecule has 0 spiro atoms. The standard InChI is InChI=1S/C20H23FN2O2/c1-2-23(18-9-5-16(21)6-10-18)20(25)15-3-7-17(8-4-15)22-13-11-19(24)12-14-22/h3-10,19,24H,2,11-14H2,1H3. The van der Waals surface area contributed by atoms with E-state index in [1.165, 1.54) is 12.1 Å². The maximum absolute atomic E-state index is 13.1. The number of anilines is 2. The fourth-order valence-electron chi connectivity index (χ4n) is 3.16. The minimum Gasteiger partial charge on any atom is -0.393 e. The monoisotopic (exact) mass is 342 g/mol. The van der Waals surface area contributed by atoms with Crippen molar-refractivity contribution in [3.8, 4) is 0 Å².